The number of carbonyl (C=O) groups excluding carboxylic acids is 1. The van der Waals surface area contributed by atoms with Crippen LogP contribution in [0.3, 0.4) is 0 Å². The summed E-state index contributed by atoms with van der Waals surface area (Å²) in [6.07, 6.45) is 3.71. The maximum atomic E-state index is 12.4. The van der Waals surface area contributed by atoms with Gasteiger partial charge in [-0.25, -0.2) is 4.98 Å². The molecule has 0 bridgehead atoms. The van der Waals surface area contributed by atoms with Crippen molar-refractivity contribution in [3.63, 3.8) is 0 Å². The number of nitrogens with one attached hydrogen (secondary N) is 1. The predicted octanol–water partition coefficient (Wildman–Crippen LogP) is 2.68. The predicted molar refractivity (Wildman–Crippen MR) is 70.4 cm³/mol. The molecule has 0 spiro atoms. The van der Waals surface area contributed by atoms with E-state index in [1.165, 1.54) is 0 Å². The Morgan fingerprint density at radius 2 is 2.17 bits per heavy atom. The van der Waals surface area contributed by atoms with E-state index in [0.717, 1.165) is 31.4 Å². The lowest BCUT2D eigenvalue weighted by atomic mass is 10.0. The van der Waals surface area contributed by atoms with Crippen molar-refractivity contribution in [3.8, 4) is 0 Å². The van der Waals surface area contributed by atoms with Crippen LogP contribution in [0, 0.1) is 6.92 Å². The fourth-order valence-corrected chi connectivity index (χ4v) is 2.50. The van der Waals surface area contributed by atoms with Crippen molar-refractivity contribution in [1.29, 1.82) is 0 Å². The van der Waals surface area contributed by atoms with Gasteiger partial charge in [-0.2, -0.15) is 0 Å². The van der Waals surface area contributed by atoms with Gasteiger partial charge in [0, 0.05) is 12.3 Å². The molecule has 0 aliphatic heterocycles. The van der Waals surface area contributed by atoms with Gasteiger partial charge in [0.1, 0.15) is 11.4 Å². The molecule has 1 aromatic rings. The number of rotatable bonds is 4. The van der Waals surface area contributed by atoms with Crippen LogP contribution in [0.15, 0.2) is 18.2 Å². The molecule has 1 amide bonds. The number of anilines is 1. The molecule has 1 aromatic heterocycles. The van der Waals surface area contributed by atoms with Gasteiger partial charge in [0.05, 0.1) is 0 Å². The van der Waals surface area contributed by atoms with Crippen LogP contribution < -0.4 is 5.32 Å². The first-order valence-corrected chi connectivity index (χ1v) is 6.55. The van der Waals surface area contributed by atoms with Crippen molar-refractivity contribution in [2.45, 2.75) is 45.1 Å². The normalized spacial score (nSPS) is 17.7. The highest BCUT2D eigenvalue weighted by molar-refractivity contribution is 5.96. The number of hydrogen-bond donors (Lipinski definition) is 1. The van der Waals surface area contributed by atoms with Gasteiger partial charge in [-0.15, -0.1) is 0 Å². The van der Waals surface area contributed by atoms with Crippen LogP contribution in [0.4, 0.5) is 5.82 Å². The lowest BCUT2D eigenvalue weighted by Gasteiger charge is -2.27. The molecule has 0 radical (unpaired) electrons. The summed E-state index contributed by atoms with van der Waals surface area (Å²) in [5.41, 5.74) is 0.255. The zero-order valence-corrected chi connectivity index (χ0v) is 11.0. The van der Waals surface area contributed by atoms with Gasteiger partial charge in [-0.3, -0.25) is 4.79 Å². The second-order valence-electron chi connectivity index (χ2n) is 4.75. The fourth-order valence-electron chi connectivity index (χ4n) is 2.50. The van der Waals surface area contributed by atoms with Crippen molar-refractivity contribution < 1.29 is 9.53 Å². The topological polar surface area (TPSA) is 51.2 Å². The Kier molecular flexibility index (Phi) is 3.97. The first kappa shape index (κ1) is 13.0. The van der Waals surface area contributed by atoms with E-state index in [4.69, 9.17) is 4.74 Å². The lowest BCUT2D eigenvalue weighted by Crippen LogP contribution is -2.43. The van der Waals surface area contributed by atoms with E-state index in [0.29, 0.717) is 12.4 Å². The highest BCUT2D eigenvalue weighted by Crippen LogP contribution is 2.34. The standard InChI is InChI=1S/C14H20N2O2/c1-3-18-14(9-4-5-10-14)13(17)16-12-8-6-7-11(2)15-12/h6-8H,3-5,9-10H2,1-2H3,(H,15,16,17). The number of nitrogens with zero attached hydrogens (tertiary/aromatic N) is 1. The number of amides is 1. The summed E-state index contributed by atoms with van der Waals surface area (Å²) >= 11 is 0. The maximum Gasteiger partial charge on any atom is 0.257 e. The molecule has 1 aliphatic carbocycles. The molecule has 1 N–H and O–H groups in total. The van der Waals surface area contributed by atoms with Crippen molar-refractivity contribution in [2.24, 2.45) is 0 Å². The SMILES string of the molecule is CCOC1(C(=O)Nc2cccc(C)n2)CCCC1. The van der Waals surface area contributed by atoms with Gasteiger partial charge in [-0.05, 0) is 51.7 Å². The van der Waals surface area contributed by atoms with Crippen LogP contribution in [-0.4, -0.2) is 23.1 Å². The summed E-state index contributed by atoms with van der Waals surface area (Å²) in [5.74, 6) is 0.547. The van der Waals surface area contributed by atoms with Crippen molar-refractivity contribution >= 4 is 11.7 Å². The molecule has 0 aromatic carbocycles. The molecule has 1 saturated carbocycles. The summed E-state index contributed by atoms with van der Waals surface area (Å²) in [5, 5.41) is 2.88. The highest BCUT2D eigenvalue weighted by atomic mass is 16.5. The Bertz CT molecular complexity index is 426. The first-order chi connectivity index (χ1) is 8.66. The Morgan fingerprint density at radius 3 is 2.78 bits per heavy atom. The average Bonchev–Trinajstić information content (AvgIpc) is 2.79. The number of hydrogen-bond acceptors (Lipinski definition) is 3. The van der Waals surface area contributed by atoms with Gasteiger partial charge < -0.3 is 10.1 Å². The van der Waals surface area contributed by atoms with Crippen LogP contribution in [0.25, 0.3) is 0 Å². The number of ether oxygens (including phenoxy) is 1. The highest BCUT2D eigenvalue weighted by Gasteiger charge is 2.42. The monoisotopic (exact) mass is 248 g/mol. The Morgan fingerprint density at radius 1 is 1.44 bits per heavy atom. The minimum atomic E-state index is -0.639. The maximum absolute atomic E-state index is 12.4. The average molecular weight is 248 g/mol. The van der Waals surface area contributed by atoms with Crippen LogP contribution in [-0.2, 0) is 9.53 Å². The van der Waals surface area contributed by atoms with Gasteiger partial charge >= 0.3 is 0 Å². The second-order valence-corrected chi connectivity index (χ2v) is 4.75. The largest absolute Gasteiger partial charge is 0.365 e. The quantitative estimate of drug-likeness (QED) is 0.891. The third-order valence-electron chi connectivity index (χ3n) is 3.38. The van der Waals surface area contributed by atoms with Crippen molar-refractivity contribution in [2.75, 3.05) is 11.9 Å². The van der Waals surface area contributed by atoms with Crippen molar-refractivity contribution in [3.05, 3.63) is 23.9 Å². The molecule has 4 heteroatoms. The molecule has 18 heavy (non-hydrogen) atoms. The molecule has 1 aliphatic rings. The first-order valence-electron chi connectivity index (χ1n) is 6.55. The van der Waals surface area contributed by atoms with Gasteiger partial charge in [0.25, 0.3) is 5.91 Å². The smallest absolute Gasteiger partial charge is 0.257 e. The molecule has 2 rings (SSSR count). The molecule has 4 nitrogen and oxygen atoms in total. The summed E-state index contributed by atoms with van der Waals surface area (Å²) in [6.45, 7) is 4.40. The number of carbonyl (C=O) groups is 1. The molecule has 1 heterocycles. The Labute approximate surface area is 108 Å². The lowest BCUT2D eigenvalue weighted by molar-refractivity contribution is -0.140. The van der Waals surface area contributed by atoms with Crippen LogP contribution >= 0.6 is 0 Å². The van der Waals surface area contributed by atoms with E-state index < -0.39 is 5.60 Å². The van der Waals surface area contributed by atoms with Gasteiger partial charge in [0.2, 0.25) is 0 Å². The minimum absolute atomic E-state index is 0.0556. The summed E-state index contributed by atoms with van der Waals surface area (Å²) < 4.78 is 5.71. The zero-order valence-electron chi connectivity index (χ0n) is 11.0. The number of pyridine rings is 1. The van der Waals surface area contributed by atoms with Crippen molar-refractivity contribution in [1.82, 2.24) is 4.98 Å². The van der Waals surface area contributed by atoms with E-state index in [2.05, 4.69) is 10.3 Å². The zero-order chi connectivity index (χ0) is 13.0. The van der Waals surface area contributed by atoms with Gasteiger partial charge in [0.15, 0.2) is 0 Å². The third-order valence-corrected chi connectivity index (χ3v) is 3.38. The summed E-state index contributed by atoms with van der Waals surface area (Å²) in [7, 11) is 0. The van der Waals surface area contributed by atoms with Crippen LogP contribution in [0.1, 0.15) is 38.3 Å². The Balaban J connectivity index is 2.10. The van der Waals surface area contributed by atoms with E-state index in [1.54, 1.807) is 6.07 Å². The number of aromatic nitrogens is 1. The van der Waals surface area contributed by atoms with Crippen LogP contribution in [0.2, 0.25) is 0 Å². The molecular weight excluding hydrogens is 228 g/mol. The van der Waals surface area contributed by atoms with E-state index >= 15 is 0 Å². The third kappa shape index (κ3) is 2.70. The molecule has 98 valence electrons. The Hall–Kier alpha value is -1.42. The molecule has 0 saturated heterocycles. The van der Waals surface area contributed by atoms with Crippen LogP contribution in [0.5, 0.6) is 0 Å². The minimum Gasteiger partial charge on any atom is -0.365 e. The van der Waals surface area contributed by atoms with E-state index in [-0.39, 0.29) is 5.91 Å². The second kappa shape index (κ2) is 5.48. The summed E-state index contributed by atoms with van der Waals surface area (Å²) in [6, 6.07) is 5.60. The van der Waals surface area contributed by atoms with E-state index in [1.807, 2.05) is 26.0 Å². The fraction of sp³-hybridized carbons (Fsp3) is 0.571. The van der Waals surface area contributed by atoms with Gasteiger partial charge in [-0.1, -0.05) is 6.07 Å². The molecular formula is C14H20N2O2. The van der Waals surface area contributed by atoms with E-state index in [9.17, 15) is 4.79 Å². The molecule has 0 atom stereocenters. The summed E-state index contributed by atoms with van der Waals surface area (Å²) in [4.78, 5) is 16.7. The molecule has 1 fully saturated rings. The number of aryl methyl sites for hydroxylation is 1. The molecule has 0 unspecified atom stereocenters.